The number of phenolic OH excluding ortho intramolecular Hbond substituents is 1. The number of anilines is 3. The molecule has 0 saturated heterocycles. The van der Waals surface area contributed by atoms with Gasteiger partial charge in [-0.3, -0.25) is 15.4 Å². The molecule has 0 unspecified atom stereocenters. The minimum Gasteiger partial charge on any atom is -0.506 e. The van der Waals surface area contributed by atoms with Gasteiger partial charge in [0, 0.05) is 30.4 Å². The van der Waals surface area contributed by atoms with Crippen molar-refractivity contribution in [3.05, 3.63) is 83.4 Å². The zero-order valence-corrected chi connectivity index (χ0v) is 23.0. The lowest BCUT2D eigenvalue weighted by molar-refractivity contribution is 0.174. The van der Waals surface area contributed by atoms with Crippen molar-refractivity contribution >= 4 is 39.3 Å². The number of carbonyl (C=O) groups excluding carboxylic acids is 2. The van der Waals surface area contributed by atoms with Gasteiger partial charge in [-0.05, 0) is 53.1 Å². The number of hydrogen-bond donors (Lipinski definition) is 6. The summed E-state index contributed by atoms with van der Waals surface area (Å²) in [5, 5.41) is 29.2. The van der Waals surface area contributed by atoms with Gasteiger partial charge in [0.15, 0.2) is 0 Å². The monoisotopic (exact) mass is 572 g/mol. The Morgan fingerprint density at radius 3 is 1.73 bits per heavy atom. The van der Waals surface area contributed by atoms with Crippen molar-refractivity contribution in [1.82, 2.24) is 5.32 Å². The van der Waals surface area contributed by atoms with E-state index in [1.54, 1.807) is 24.3 Å². The fourth-order valence-electron chi connectivity index (χ4n) is 3.89. The second-order valence-corrected chi connectivity index (χ2v) is 10.6. The van der Waals surface area contributed by atoms with Crippen molar-refractivity contribution < 1.29 is 37.7 Å². The molecule has 0 aliphatic rings. The first kappa shape index (κ1) is 30.2. The van der Waals surface area contributed by atoms with Crippen molar-refractivity contribution in [3.63, 3.8) is 0 Å². The van der Waals surface area contributed by atoms with Crippen LogP contribution >= 0.6 is 0 Å². The Morgan fingerprint density at radius 2 is 1.27 bits per heavy atom. The molecule has 13 heteroatoms. The fraction of sp³-hybridized carbons (Fsp3) is 0.259. The van der Waals surface area contributed by atoms with Crippen LogP contribution in [-0.4, -0.2) is 64.4 Å². The van der Waals surface area contributed by atoms with E-state index in [2.05, 4.69) is 30.1 Å². The number of ether oxygens (including phenoxy) is 2. The molecule has 3 aromatic rings. The Bertz CT molecular complexity index is 1350. The van der Waals surface area contributed by atoms with Crippen molar-refractivity contribution in [2.75, 3.05) is 48.9 Å². The summed E-state index contributed by atoms with van der Waals surface area (Å²) in [6.07, 6.45) is -1.21. The molecule has 0 aromatic heterocycles. The molecule has 0 saturated carbocycles. The molecule has 3 rings (SSSR count). The molecule has 0 spiro atoms. The average molecular weight is 573 g/mol. The summed E-state index contributed by atoms with van der Waals surface area (Å²) in [5.41, 5.74) is 3.32. The van der Waals surface area contributed by atoms with Gasteiger partial charge in [-0.25, -0.2) is 18.0 Å². The molecule has 0 bridgehead atoms. The quantitative estimate of drug-likeness (QED) is 0.188. The van der Waals surface area contributed by atoms with Gasteiger partial charge in [-0.2, -0.15) is 0 Å². The zero-order valence-electron chi connectivity index (χ0n) is 22.2. The summed E-state index contributed by atoms with van der Waals surface area (Å²) >= 11 is 0. The average Bonchev–Trinajstić information content (AvgIpc) is 2.92. The summed E-state index contributed by atoms with van der Waals surface area (Å²) in [5.74, 6) is -0.446. The molecule has 0 aliphatic heterocycles. The van der Waals surface area contributed by atoms with Crippen molar-refractivity contribution in [1.29, 1.82) is 0 Å². The maximum Gasteiger partial charge on any atom is 0.411 e. The molecule has 0 fully saturated rings. The van der Waals surface area contributed by atoms with Crippen LogP contribution < -0.4 is 20.7 Å². The summed E-state index contributed by atoms with van der Waals surface area (Å²) in [6, 6.07) is 18.6. The number of sulfonamides is 1. The standard InChI is InChI=1S/C27H32N4O8S/c1-38-26(34)29-20-9-4-17(5-10-20)22(18-6-11-21(12-7-18)30-27(35)39-2)15-28-16-25(33)19-8-13-24(32)23(14-19)31-40(3,36)37/h4-14,22,25,28,31-33H,15-16H2,1-3H3,(H,29,34)(H,30,35)/t25-/m0/s1. The third-order valence-electron chi connectivity index (χ3n) is 5.88. The summed E-state index contributed by atoms with van der Waals surface area (Å²) in [6.45, 7) is 0.528. The normalized spacial score (nSPS) is 11.9. The van der Waals surface area contributed by atoms with Gasteiger partial charge in [0.2, 0.25) is 10.0 Å². The highest BCUT2D eigenvalue weighted by atomic mass is 32.2. The van der Waals surface area contributed by atoms with Gasteiger partial charge in [0.1, 0.15) is 5.75 Å². The second kappa shape index (κ2) is 13.6. The number of aliphatic hydroxyl groups is 1. The van der Waals surface area contributed by atoms with E-state index >= 15 is 0 Å². The van der Waals surface area contributed by atoms with E-state index in [4.69, 9.17) is 0 Å². The van der Waals surface area contributed by atoms with E-state index in [9.17, 15) is 28.2 Å². The van der Waals surface area contributed by atoms with Gasteiger partial charge in [0.05, 0.1) is 32.3 Å². The molecule has 12 nitrogen and oxygen atoms in total. The molecule has 3 aromatic carbocycles. The van der Waals surface area contributed by atoms with E-state index in [1.165, 1.54) is 32.4 Å². The number of benzene rings is 3. The van der Waals surface area contributed by atoms with Crippen LogP contribution in [0.25, 0.3) is 0 Å². The van der Waals surface area contributed by atoms with Gasteiger partial charge < -0.3 is 25.0 Å². The molecular formula is C27H32N4O8S. The summed E-state index contributed by atoms with van der Waals surface area (Å²) < 4.78 is 34.6. The number of aromatic hydroxyl groups is 1. The Labute approximate surface area is 232 Å². The molecule has 214 valence electrons. The van der Waals surface area contributed by atoms with E-state index in [1.807, 2.05) is 24.3 Å². The number of methoxy groups -OCH3 is 2. The van der Waals surface area contributed by atoms with E-state index < -0.39 is 28.3 Å². The smallest absolute Gasteiger partial charge is 0.411 e. The molecule has 6 N–H and O–H groups in total. The highest BCUT2D eigenvalue weighted by Crippen LogP contribution is 2.29. The number of phenols is 1. The van der Waals surface area contributed by atoms with Gasteiger partial charge >= 0.3 is 12.2 Å². The number of rotatable bonds is 11. The molecule has 2 amide bonds. The van der Waals surface area contributed by atoms with E-state index in [-0.39, 0.29) is 23.9 Å². The molecular weight excluding hydrogens is 540 g/mol. The summed E-state index contributed by atoms with van der Waals surface area (Å²) in [4.78, 5) is 23.1. The van der Waals surface area contributed by atoms with Gasteiger partial charge in [0.25, 0.3) is 0 Å². The first-order valence-corrected chi connectivity index (χ1v) is 14.0. The van der Waals surface area contributed by atoms with Crippen LogP contribution in [0, 0.1) is 0 Å². The second-order valence-electron chi connectivity index (χ2n) is 8.85. The number of carbonyl (C=O) groups is 2. The SMILES string of the molecule is COC(=O)Nc1ccc(C(CNC[C@H](O)c2ccc(O)c(NS(C)(=O)=O)c2)c2ccc(NC(=O)OC)cc2)cc1. The zero-order chi connectivity index (χ0) is 29.3. The van der Waals surface area contributed by atoms with Crippen molar-refractivity contribution in [3.8, 4) is 5.75 Å². The molecule has 40 heavy (non-hydrogen) atoms. The maximum atomic E-state index is 11.6. The van der Waals surface area contributed by atoms with Crippen LogP contribution in [-0.2, 0) is 19.5 Å². The van der Waals surface area contributed by atoms with Crippen LogP contribution in [0.15, 0.2) is 66.7 Å². The lowest BCUT2D eigenvalue weighted by atomic mass is 9.90. The maximum absolute atomic E-state index is 11.6. The highest BCUT2D eigenvalue weighted by molar-refractivity contribution is 7.92. The lowest BCUT2D eigenvalue weighted by Crippen LogP contribution is -2.27. The van der Waals surface area contributed by atoms with Gasteiger partial charge in [-0.15, -0.1) is 0 Å². The molecule has 1 atom stereocenters. The molecule has 0 heterocycles. The number of aliphatic hydroxyl groups excluding tert-OH is 1. The minimum atomic E-state index is -3.62. The Kier molecular flexibility index (Phi) is 10.3. The van der Waals surface area contributed by atoms with Crippen LogP contribution in [0.3, 0.4) is 0 Å². The first-order valence-electron chi connectivity index (χ1n) is 12.1. The predicted octanol–water partition coefficient (Wildman–Crippen LogP) is 3.58. The van der Waals surface area contributed by atoms with Crippen LogP contribution in [0.1, 0.15) is 28.7 Å². The number of nitrogens with one attached hydrogen (secondary N) is 4. The Hall–Kier alpha value is -4.33. The van der Waals surface area contributed by atoms with Crippen molar-refractivity contribution in [2.45, 2.75) is 12.0 Å². The van der Waals surface area contributed by atoms with Crippen LogP contribution in [0.2, 0.25) is 0 Å². The fourth-order valence-corrected chi connectivity index (χ4v) is 4.45. The third-order valence-corrected chi connectivity index (χ3v) is 6.47. The first-order chi connectivity index (χ1) is 19.0. The highest BCUT2D eigenvalue weighted by Gasteiger charge is 2.17. The Morgan fingerprint density at radius 1 is 0.800 bits per heavy atom. The largest absolute Gasteiger partial charge is 0.506 e. The van der Waals surface area contributed by atoms with Crippen molar-refractivity contribution in [2.24, 2.45) is 0 Å². The summed E-state index contributed by atoms with van der Waals surface area (Å²) in [7, 11) is -1.07. The predicted molar refractivity (Wildman–Crippen MR) is 151 cm³/mol. The number of hydrogen-bond acceptors (Lipinski definition) is 9. The topological polar surface area (TPSA) is 175 Å². The van der Waals surface area contributed by atoms with Gasteiger partial charge in [-0.1, -0.05) is 30.3 Å². The van der Waals surface area contributed by atoms with E-state index in [0.29, 0.717) is 23.5 Å². The van der Waals surface area contributed by atoms with Crippen LogP contribution in [0.4, 0.5) is 26.7 Å². The number of amides is 2. The minimum absolute atomic E-state index is 0.0294. The molecule has 0 radical (unpaired) electrons. The lowest BCUT2D eigenvalue weighted by Gasteiger charge is -2.21. The molecule has 0 aliphatic carbocycles. The van der Waals surface area contributed by atoms with E-state index in [0.717, 1.165) is 17.4 Å². The van der Waals surface area contributed by atoms with Crippen LogP contribution in [0.5, 0.6) is 5.75 Å². The third kappa shape index (κ3) is 8.86. The Balaban J connectivity index is 1.77.